The molecule has 0 fully saturated rings. The van der Waals surface area contributed by atoms with Crippen LogP contribution in [0.2, 0.25) is 0 Å². The number of aromatic amines is 1. The van der Waals surface area contributed by atoms with Crippen LogP contribution in [0.3, 0.4) is 0 Å². The molecule has 0 saturated heterocycles. The van der Waals surface area contributed by atoms with E-state index in [2.05, 4.69) is 61.2 Å². The second-order valence-corrected chi connectivity index (χ2v) is 9.62. The predicted octanol–water partition coefficient (Wildman–Crippen LogP) is 4.83. The zero-order valence-electron chi connectivity index (χ0n) is 19.5. The Labute approximate surface area is 186 Å². The first-order valence-electron chi connectivity index (χ1n) is 11.3. The summed E-state index contributed by atoms with van der Waals surface area (Å²) in [6, 6.07) is 3.57. The van der Waals surface area contributed by atoms with Crippen molar-refractivity contribution in [1.29, 1.82) is 0 Å². The molecule has 5 nitrogen and oxygen atoms in total. The van der Waals surface area contributed by atoms with Crippen LogP contribution in [0.15, 0.2) is 42.6 Å². The van der Waals surface area contributed by atoms with Crippen molar-refractivity contribution in [1.82, 2.24) is 10.3 Å². The molecule has 0 spiro atoms. The van der Waals surface area contributed by atoms with E-state index in [-0.39, 0.29) is 35.9 Å². The molecule has 0 saturated carbocycles. The van der Waals surface area contributed by atoms with Crippen LogP contribution in [0.5, 0.6) is 0 Å². The SMILES string of the molecule is C=C[C@@](C)(CCC=C(C)C)c1ccc2c3c(c[nH]c13)C[C@@H](CO)NC(=O)[C@H](C(C)C)N2. The van der Waals surface area contributed by atoms with Gasteiger partial charge in [0.2, 0.25) is 5.91 Å². The molecule has 2 heterocycles. The smallest absolute Gasteiger partial charge is 0.243 e. The maximum atomic E-state index is 12.9. The van der Waals surface area contributed by atoms with Crippen LogP contribution in [0.1, 0.15) is 58.6 Å². The normalized spacial score (nSPS) is 20.8. The van der Waals surface area contributed by atoms with E-state index in [0.717, 1.165) is 35.0 Å². The third kappa shape index (κ3) is 4.72. The number of H-pyrrole nitrogens is 1. The van der Waals surface area contributed by atoms with Gasteiger partial charge in [-0.05, 0) is 56.2 Å². The summed E-state index contributed by atoms with van der Waals surface area (Å²) in [5.41, 5.74) is 5.47. The average molecular weight is 424 g/mol. The van der Waals surface area contributed by atoms with Gasteiger partial charge in [0.1, 0.15) is 6.04 Å². The molecule has 1 aliphatic heterocycles. The third-order valence-corrected chi connectivity index (χ3v) is 6.49. The van der Waals surface area contributed by atoms with E-state index in [1.54, 1.807) is 0 Å². The van der Waals surface area contributed by atoms with Crippen molar-refractivity contribution in [3.63, 3.8) is 0 Å². The quantitative estimate of drug-likeness (QED) is 0.482. The molecule has 3 atom stereocenters. The summed E-state index contributed by atoms with van der Waals surface area (Å²) in [6.45, 7) is 14.6. The lowest BCUT2D eigenvalue weighted by Gasteiger charge is -2.28. The molecule has 1 aliphatic rings. The molecule has 4 N–H and O–H groups in total. The largest absolute Gasteiger partial charge is 0.394 e. The van der Waals surface area contributed by atoms with Crippen LogP contribution in [-0.2, 0) is 16.6 Å². The van der Waals surface area contributed by atoms with Gasteiger partial charge in [-0.3, -0.25) is 4.79 Å². The lowest BCUT2D eigenvalue weighted by molar-refractivity contribution is -0.123. The molecule has 0 unspecified atom stereocenters. The molecule has 1 aromatic carbocycles. The van der Waals surface area contributed by atoms with Crippen LogP contribution in [0.4, 0.5) is 5.69 Å². The molecule has 1 amide bonds. The lowest BCUT2D eigenvalue weighted by Crippen LogP contribution is -2.48. The molecule has 0 aliphatic carbocycles. The predicted molar refractivity (Wildman–Crippen MR) is 129 cm³/mol. The number of carbonyl (C=O) groups is 1. The van der Waals surface area contributed by atoms with Crippen molar-refractivity contribution in [2.45, 2.75) is 71.4 Å². The molecule has 0 bridgehead atoms. The van der Waals surface area contributed by atoms with Crippen molar-refractivity contribution in [3.05, 3.63) is 53.8 Å². The molecule has 168 valence electrons. The number of carbonyl (C=O) groups excluding carboxylic acids is 1. The number of aliphatic hydroxyl groups is 1. The van der Waals surface area contributed by atoms with Gasteiger partial charge >= 0.3 is 0 Å². The van der Waals surface area contributed by atoms with Crippen LogP contribution in [0, 0.1) is 5.92 Å². The van der Waals surface area contributed by atoms with Gasteiger partial charge in [-0.15, -0.1) is 6.58 Å². The Balaban J connectivity index is 2.14. The zero-order valence-corrected chi connectivity index (χ0v) is 19.5. The Morgan fingerprint density at radius 2 is 2.06 bits per heavy atom. The number of aromatic nitrogens is 1. The monoisotopic (exact) mass is 423 g/mol. The standard InChI is InChI=1S/C26H37N3O2/c1-7-26(6,12-8-9-16(2)3)20-10-11-21-22-18(14-27-24(20)22)13-19(15-30)28-25(31)23(29-21)17(4)5/h7,9-11,14,17,19,23,27,29-30H,1,8,12-13,15H2,2-6H3,(H,28,31)/t19-,23-,26-/m0/s1. The van der Waals surface area contributed by atoms with Crippen molar-refractivity contribution in [3.8, 4) is 0 Å². The zero-order chi connectivity index (χ0) is 22.8. The molecule has 31 heavy (non-hydrogen) atoms. The summed E-state index contributed by atoms with van der Waals surface area (Å²) in [5.74, 6) is 0.0372. The van der Waals surface area contributed by atoms with Gasteiger partial charge in [0.05, 0.1) is 18.2 Å². The van der Waals surface area contributed by atoms with Crippen molar-refractivity contribution in [2.24, 2.45) is 5.92 Å². The minimum absolute atomic E-state index is 0.0712. The maximum Gasteiger partial charge on any atom is 0.243 e. The van der Waals surface area contributed by atoms with Gasteiger partial charge < -0.3 is 20.7 Å². The van der Waals surface area contributed by atoms with Gasteiger partial charge in [0.15, 0.2) is 0 Å². The number of allylic oxidation sites excluding steroid dienone is 3. The second kappa shape index (κ2) is 9.31. The Morgan fingerprint density at radius 3 is 2.68 bits per heavy atom. The van der Waals surface area contributed by atoms with Crippen molar-refractivity contribution < 1.29 is 9.90 Å². The molecule has 0 radical (unpaired) electrons. The maximum absolute atomic E-state index is 12.9. The minimum atomic E-state index is -0.368. The van der Waals surface area contributed by atoms with E-state index in [4.69, 9.17) is 0 Å². The van der Waals surface area contributed by atoms with E-state index >= 15 is 0 Å². The van der Waals surface area contributed by atoms with Gasteiger partial charge in [0, 0.05) is 22.7 Å². The molecule has 3 rings (SSSR count). The third-order valence-electron chi connectivity index (χ3n) is 6.49. The first kappa shape index (κ1) is 23.1. The second-order valence-electron chi connectivity index (χ2n) is 9.62. The Hall–Kier alpha value is -2.53. The number of nitrogens with one attached hydrogen (secondary N) is 3. The van der Waals surface area contributed by atoms with Crippen LogP contribution >= 0.6 is 0 Å². The molecule has 1 aromatic heterocycles. The average Bonchev–Trinajstić information content (AvgIpc) is 3.15. The highest BCUT2D eigenvalue weighted by Crippen LogP contribution is 2.40. The summed E-state index contributed by atoms with van der Waals surface area (Å²) in [7, 11) is 0. The molecule has 2 aromatic rings. The van der Waals surface area contributed by atoms with Crippen molar-refractivity contribution in [2.75, 3.05) is 11.9 Å². The Bertz CT molecular complexity index is 984. The van der Waals surface area contributed by atoms with Crippen LogP contribution in [-0.4, -0.2) is 34.7 Å². The number of anilines is 1. The highest BCUT2D eigenvalue weighted by Gasteiger charge is 2.31. The van der Waals surface area contributed by atoms with Gasteiger partial charge in [-0.1, -0.05) is 44.6 Å². The fourth-order valence-corrected chi connectivity index (χ4v) is 4.50. The summed E-state index contributed by atoms with van der Waals surface area (Å²) in [4.78, 5) is 16.4. The topological polar surface area (TPSA) is 77.2 Å². The van der Waals surface area contributed by atoms with E-state index in [9.17, 15) is 9.90 Å². The number of amides is 1. The van der Waals surface area contributed by atoms with Gasteiger partial charge in [0.25, 0.3) is 0 Å². The number of hydrogen-bond acceptors (Lipinski definition) is 3. The minimum Gasteiger partial charge on any atom is -0.394 e. The number of aliphatic hydroxyl groups excluding tert-OH is 1. The molecular formula is C26H37N3O2. The van der Waals surface area contributed by atoms with E-state index in [1.807, 2.05) is 26.1 Å². The fourth-order valence-electron chi connectivity index (χ4n) is 4.50. The van der Waals surface area contributed by atoms with Crippen molar-refractivity contribution >= 4 is 22.5 Å². The number of rotatable bonds is 7. The molecule has 5 heteroatoms. The van der Waals surface area contributed by atoms with Crippen LogP contribution < -0.4 is 10.6 Å². The molecular weight excluding hydrogens is 386 g/mol. The highest BCUT2D eigenvalue weighted by atomic mass is 16.3. The van der Waals surface area contributed by atoms with E-state index in [1.165, 1.54) is 11.1 Å². The summed E-state index contributed by atoms with van der Waals surface area (Å²) in [5, 5.41) is 17.5. The van der Waals surface area contributed by atoms with Gasteiger partial charge in [-0.2, -0.15) is 0 Å². The Kier molecular flexibility index (Phi) is 6.95. The van der Waals surface area contributed by atoms with Gasteiger partial charge in [-0.25, -0.2) is 0 Å². The summed E-state index contributed by atoms with van der Waals surface area (Å²) < 4.78 is 0. The first-order valence-corrected chi connectivity index (χ1v) is 11.3. The number of hydrogen-bond donors (Lipinski definition) is 4. The van der Waals surface area contributed by atoms with E-state index in [0.29, 0.717) is 6.42 Å². The lowest BCUT2D eigenvalue weighted by atomic mass is 9.77. The summed E-state index contributed by atoms with van der Waals surface area (Å²) in [6.07, 6.45) is 8.86. The van der Waals surface area contributed by atoms with E-state index < -0.39 is 0 Å². The Morgan fingerprint density at radius 1 is 1.32 bits per heavy atom. The fraction of sp³-hybridized carbons (Fsp3) is 0.500. The first-order chi connectivity index (χ1) is 14.7. The summed E-state index contributed by atoms with van der Waals surface area (Å²) >= 11 is 0. The van der Waals surface area contributed by atoms with Crippen LogP contribution in [0.25, 0.3) is 10.9 Å². The highest BCUT2D eigenvalue weighted by molar-refractivity contribution is 5.99. The number of benzene rings is 1.